The van der Waals surface area contributed by atoms with Gasteiger partial charge in [0.15, 0.2) is 0 Å². The van der Waals surface area contributed by atoms with Crippen molar-refractivity contribution in [2.24, 2.45) is 0 Å². The smallest absolute Gasteiger partial charge is 0.293 e. The predicted octanol–water partition coefficient (Wildman–Crippen LogP) is -0.149. The van der Waals surface area contributed by atoms with E-state index in [9.17, 15) is 4.79 Å². The minimum atomic E-state index is -0.406. The molecule has 2 aromatic rings. The van der Waals surface area contributed by atoms with Gasteiger partial charge in [-0.05, 0) is 19.1 Å². The number of fused-ring (bicyclic) bond motifs is 1. The van der Waals surface area contributed by atoms with Crippen molar-refractivity contribution in [2.45, 2.75) is 6.92 Å². The number of H-pyrrole nitrogens is 1. The van der Waals surface area contributed by atoms with Gasteiger partial charge >= 0.3 is 0 Å². The second-order valence-electron chi connectivity index (χ2n) is 2.47. The quantitative estimate of drug-likeness (QED) is 0.591. The number of aryl methyl sites for hydroxylation is 1. The molecule has 0 bridgehead atoms. The van der Waals surface area contributed by atoms with E-state index in [-0.39, 0.29) is 4.77 Å². The van der Waals surface area contributed by atoms with Gasteiger partial charge in [0.25, 0.3) is 5.56 Å². The minimum Gasteiger partial charge on any atom is -0.328 e. The molecular formula is C6H5N5OS. The van der Waals surface area contributed by atoms with Crippen molar-refractivity contribution in [3.63, 3.8) is 0 Å². The molecule has 0 fully saturated rings. The molecule has 6 nitrogen and oxygen atoms in total. The van der Waals surface area contributed by atoms with E-state index in [1.807, 2.05) is 0 Å². The summed E-state index contributed by atoms with van der Waals surface area (Å²) in [5, 5.41) is 6.91. The van der Waals surface area contributed by atoms with Crippen LogP contribution < -0.4 is 5.56 Å². The van der Waals surface area contributed by atoms with Crippen LogP contribution in [0.5, 0.6) is 0 Å². The summed E-state index contributed by atoms with van der Waals surface area (Å²) in [5.74, 6) is 0.636. The van der Waals surface area contributed by atoms with Crippen LogP contribution in [0, 0.1) is 11.7 Å². The van der Waals surface area contributed by atoms with Crippen molar-refractivity contribution in [1.82, 2.24) is 24.8 Å². The summed E-state index contributed by atoms with van der Waals surface area (Å²) in [5.41, 5.74) is 0.0914. The molecule has 0 unspecified atom stereocenters. The van der Waals surface area contributed by atoms with Gasteiger partial charge in [-0.25, -0.2) is 4.98 Å². The molecule has 0 aliphatic rings. The molecule has 0 atom stereocenters. The highest BCUT2D eigenvalue weighted by molar-refractivity contribution is 7.71. The van der Waals surface area contributed by atoms with Crippen LogP contribution in [0.3, 0.4) is 0 Å². The largest absolute Gasteiger partial charge is 0.328 e. The van der Waals surface area contributed by atoms with Gasteiger partial charge in [0.2, 0.25) is 4.77 Å². The van der Waals surface area contributed by atoms with E-state index in [0.717, 1.165) is 0 Å². The zero-order chi connectivity index (χ0) is 9.42. The molecule has 0 spiro atoms. The SMILES string of the molecule is Cc1nc(=S)n2nnc(=O)cc2[nH]1. The number of aromatic nitrogens is 5. The lowest BCUT2D eigenvalue weighted by Gasteiger charge is -1.98. The summed E-state index contributed by atoms with van der Waals surface area (Å²) in [6.07, 6.45) is 0. The average Bonchev–Trinajstić information content (AvgIpc) is 2.02. The topological polar surface area (TPSA) is 75.9 Å². The molecule has 2 aromatic heterocycles. The highest BCUT2D eigenvalue weighted by atomic mass is 32.1. The van der Waals surface area contributed by atoms with Gasteiger partial charge in [-0.1, -0.05) is 10.3 Å². The maximum atomic E-state index is 10.8. The standard InChI is InChI=1S/C6H5N5OS/c1-3-7-4-2-5(12)9-10-11(4)6(13)8-3/h2H,1H3,(H,7,8,13). The number of nitrogens with one attached hydrogen (secondary N) is 1. The Morgan fingerprint density at radius 3 is 3.15 bits per heavy atom. The Balaban J connectivity index is 3.03. The molecule has 13 heavy (non-hydrogen) atoms. The van der Waals surface area contributed by atoms with Crippen LogP contribution in [0.4, 0.5) is 0 Å². The lowest BCUT2D eigenvalue weighted by Crippen LogP contribution is -2.14. The first-order valence-corrected chi connectivity index (χ1v) is 3.91. The molecule has 0 amide bonds. The fraction of sp³-hybridized carbons (Fsp3) is 0.167. The third kappa shape index (κ3) is 1.33. The summed E-state index contributed by atoms with van der Waals surface area (Å²) >= 11 is 4.91. The van der Waals surface area contributed by atoms with Crippen molar-refractivity contribution in [2.75, 3.05) is 0 Å². The molecule has 0 saturated carbocycles. The Labute approximate surface area is 77.3 Å². The summed E-state index contributed by atoms with van der Waals surface area (Å²) in [6, 6.07) is 1.32. The molecule has 0 aromatic carbocycles. The lowest BCUT2D eigenvalue weighted by atomic mass is 10.6. The second-order valence-corrected chi connectivity index (χ2v) is 2.84. The van der Waals surface area contributed by atoms with E-state index < -0.39 is 5.56 Å². The van der Waals surface area contributed by atoms with E-state index in [4.69, 9.17) is 12.2 Å². The van der Waals surface area contributed by atoms with Crippen LogP contribution >= 0.6 is 12.2 Å². The third-order valence-electron chi connectivity index (χ3n) is 1.47. The van der Waals surface area contributed by atoms with Gasteiger partial charge in [-0.2, -0.15) is 4.52 Å². The maximum absolute atomic E-state index is 10.8. The summed E-state index contributed by atoms with van der Waals surface area (Å²) < 4.78 is 1.57. The van der Waals surface area contributed by atoms with Crippen LogP contribution in [-0.2, 0) is 0 Å². The van der Waals surface area contributed by atoms with Gasteiger partial charge in [0, 0.05) is 0 Å². The molecule has 0 radical (unpaired) electrons. The van der Waals surface area contributed by atoms with Crippen LogP contribution in [0.15, 0.2) is 10.9 Å². The van der Waals surface area contributed by atoms with E-state index >= 15 is 0 Å². The fourth-order valence-electron chi connectivity index (χ4n) is 0.978. The van der Waals surface area contributed by atoms with Crippen LogP contribution in [0.25, 0.3) is 5.65 Å². The Morgan fingerprint density at radius 1 is 1.62 bits per heavy atom. The zero-order valence-electron chi connectivity index (χ0n) is 6.68. The molecule has 0 aliphatic heterocycles. The van der Waals surface area contributed by atoms with Crippen molar-refractivity contribution >= 4 is 17.9 Å². The lowest BCUT2D eigenvalue weighted by molar-refractivity contribution is 0.734. The Bertz CT molecular complexity index is 571. The predicted molar refractivity (Wildman–Crippen MR) is 47.0 cm³/mol. The molecule has 1 N–H and O–H groups in total. The summed E-state index contributed by atoms with van der Waals surface area (Å²) in [4.78, 5) is 17.6. The van der Waals surface area contributed by atoms with Gasteiger partial charge in [-0.15, -0.1) is 0 Å². The van der Waals surface area contributed by atoms with Crippen molar-refractivity contribution < 1.29 is 0 Å². The molecule has 2 rings (SSSR count). The molecular weight excluding hydrogens is 190 g/mol. The van der Waals surface area contributed by atoms with Gasteiger partial charge in [0.05, 0.1) is 6.07 Å². The fourth-order valence-corrected chi connectivity index (χ4v) is 1.25. The summed E-state index contributed by atoms with van der Waals surface area (Å²) in [7, 11) is 0. The Morgan fingerprint density at radius 2 is 2.38 bits per heavy atom. The minimum absolute atomic E-state index is 0.277. The second kappa shape index (κ2) is 2.70. The van der Waals surface area contributed by atoms with Gasteiger partial charge in [-0.3, -0.25) is 4.79 Å². The van der Waals surface area contributed by atoms with Crippen molar-refractivity contribution in [1.29, 1.82) is 0 Å². The molecule has 2 heterocycles. The van der Waals surface area contributed by atoms with Gasteiger partial charge < -0.3 is 4.98 Å². The Kier molecular flexibility index (Phi) is 1.66. The highest BCUT2D eigenvalue weighted by Crippen LogP contribution is 1.93. The number of aromatic amines is 1. The van der Waals surface area contributed by atoms with E-state index in [1.165, 1.54) is 10.6 Å². The number of hydrogen-bond donors (Lipinski definition) is 1. The van der Waals surface area contributed by atoms with E-state index in [2.05, 4.69) is 20.3 Å². The zero-order valence-corrected chi connectivity index (χ0v) is 7.50. The monoisotopic (exact) mass is 195 g/mol. The van der Waals surface area contributed by atoms with E-state index in [1.54, 1.807) is 6.92 Å². The van der Waals surface area contributed by atoms with Crippen LogP contribution in [0.1, 0.15) is 5.82 Å². The molecule has 0 saturated heterocycles. The first-order valence-electron chi connectivity index (χ1n) is 3.50. The molecule has 66 valence electrons. The molecule has 0 aliphatic carbocycles. The first-order chi connectivity index (χ1) is 6.16. The average molecular weight is 195 g/mol. The van der Waals surface area contributed by atoms with E-state index in [0.29, 0.717) is 11.5 Å². The van der Waals surface area contributed by atoms with Crippen LogP contribution in [-0.4, -0.2) is 24.8 Å². The van der Waals surface area contributed by atoms with Crippen molar-refractivity contribution in [3.05, 3.63) is 27.0 Å². The van der Waals surface area contributed by atoms with Crippen molar-refractivity contribution in [3.8, 4) is 0 Å². The third-order valence-corrected chi connectivity index (χ3v) is 1.74. The number of nitrogens with zero attached hydrogens (tertiary/aromatic N) is 4. The normalized spacial score (nSPS) is 10.5. The number of hydrogen-bond acceptors (Lipinski definition) is 5. The number of rotatable bonds is 0. The molecule has 7 heteroatoms. The van der Waals surface area contributed by atoms with Crippen LogP contribution in [0.2, 0.25) is 0 Å². The summed E-state index contributed by atoms with van der Waals surface area (Å²) in [6.45, 7) is 1.75. The first kappa shape index (κ1) is 7.99. The highest BCUT2D eigenvalue weighted by Gasteiger charge is 1.98. The van der Waals surface area contributed by atoms with Gasteiger partial charge in [0.1, 0.15) is 11.5 Å². The Hall–Kier alpha value is -1.63. The maximum Gasteiger partial charge on any atom is 0.293 e.